The third-order valence-corrected chi connectivity index (χ3v) is 4.17. The summed E-state index contributed by atoms with van der Waals surface area (Å²) in [7, 11) is 0. The Morgan fingerprint density at radius 1 is 1.33 bits per heavy atom. The summed E-state index contributed by atoms with van der Waals surface area (Å²) in [5, 5.41) is 2.53. The van der Waals surface area contributed by atoms with Gasteiger partial charge >= 0.3 is 0 Å². The van der Waals surface area contributed by atoms with Crippen LogP contribution in [-0.2, 0) is 6.42 Å². The van der Waals surface area contributed by atoms with E-state index in [9.17, 15) is 9.18 Å². The van der Waals surface area contributed by atoms with Crippen molar-refractivity contribution in [1.82, 2.24) is 9.97 Å². The van der Waals surface area contributed by atoms with Crippen molar-refractivity contribution in [3.05, 3.63) is 53.8 Å². The average Bonchev–Trinajstić information content (AvgIpc) is 3.18. The van der Waals surface area contributed by atoms with Crippen LogP contribution < -0.4 is 15.8 Å². The number of nitrogens with zero attached hydrogens (tertiary/aromatic N) is 2. The van der Waals surface area contributed by atoms with Gasteiger partial charge in [0.15, 0.2) is 5.69 Å². The van der Waals surface area contributed by atoms with Crippen LogP contribution in [0.1, 0.15) is 29.9 Å². The Kier molecular flexibility index (Phi) is 3.83. The molecule has 0 aliphatic carbocycles. The number of aromatic nitrogens is 2. The van der Waals surface area contributed by atoms with E-state index in [0.29, 0.717) is 23.6 Å². The second-order valence-electron chi connectivity index (χ2n) is 6.94. The molecule has 1 aromatic carbocycles. The normalized spacial score (nSPS) is 14.5. The number of fused-ring (bicyclic) bond motifs is 1. The molecule has 1 amide bonds. The summed E-state index contributed by atoms with van der Waals surface area (Å²) in [6.45, 7) is 3.85. The van der Waals surface area contributed by atoms with Gasteiger partial charge < -0.3 is 20.2 Å². The predicted molar refractivity (Wildman–Crippen MR) is 96.9 cm³/mol. The number of anilines is 2. The van der Waals surface area contributed by atoms with Gasteiger partial charge in [-0.3, -0.25) is 4.79 Å². The van der Waals surface area contributed by atoms with Gasteiger partial charge in [0.25, 0.3) is 5.91 Å². The summed E-state index contributed by atoms with van der Waals surface area (Å²) in [6, 6.07) is 6.11. The molecule has 3 heterocycles. The van der Waals surface area contributed by atoms with Gasteiger partial charge in [-0.1, -0.05) is 0 Å². The van der Waals surface area contributed by atoms with E-state index < -0.39 is 17.3 Å². The molecule has 27 heavy (non-hydrogen) atoms. The molecule has 0 radical (unpaired) electrons. The number of rotatable bonds is 3. The number of benzene rings is 1. The second-order valence-corrected chi connectivity index (χ2v) is 6.94. The van der Waals surface area contributed by atoms with E-state index in [1.807, 2.05) is 13.8 Å². The summed E-state index contributed by atoms with van der Waals surface area (Å²) < 4.78 is 25.3. The van der Waals surface area contributed by atoms with Crippen molar-refractivity contribution < 1.29 is 18.3 Å². The van der Waals surface area contributed by atoms with Crippen molar-refractivity contribution in [3.63, 3.8) is 0 Å². The number of pyridine rings is 1. The minimum absolute atomic E-state index is 0.0249. The maximum atomic E-state index is 14.3. The highest BCUT2D eigenvalue weighted by atomic mass is 19.1. The number of nitrogens with one attached hydrogen (secondary N) is 1. The molecule has 1 aliphatic heterocycles. The third-order valence-electron chi connectivity index (χ3n) is 4.17. The Labute approximate surface area is 154 Å². The van der Waals surface area contributed by atoms with Crippen LogP contribution in [0.3, 0.4) is 0 Å². The first-order valence-corrected chi connectivity index (χ1v) is 8.31. The first kappa shape index (κ1) is 17.0. The molecule has 4 rings (SSSR count). The van der Waals surface area contributed by atoms with Gasteiger partial charge in [-0.05, 0) is 32.0 Å². The summed E-state index contributed by atoms with van der Waals surface area (Å²) in [6.07, 6.45) is 3.35. The fraction of sp³-hybridized carbons (Fsp3) is 0.211. The number of halogens is 1. The fourth-order valence-corrected chi connectivity index (χ4v) is 3.00. The number of nitrogen functional groups attached to an aromatic ring is 1. The molecule has 0 spiro atoms. The van der Waals surface area contributed by atoms with Crippen LogP contribution in [0.5, 0.6) is 5.75 Å². The quantitative estimate of drug-likeness (QED) is 0.734. The smallest absolute Gasteiger partial charge is 0.277 e. The Morgan fingerprint density at radius 3 is 2.93 bits per heavy atom. The van der Waals surface area contributed by atoms with E-state index >= 15 is 0 Å². The Balaban J connectivity index is 1.56. The lowest BCUT2D eigenvalue weighted by molar-refractivity contribution is 0.102. The first-order chi connectivity index (χ1) is 12.8. The topological polar surface area (TPSA) is 103 Å². The minimum Gasteiger partial charge on any atom is -0.487 e. The molecule has 7 nitrogen and oxygen atoms in total. The van der Waals surface area contributed by atoms with Crippen LogP contribution >= 0.6 is 0 Å². The van der Waals surface area contributed by atoms with E-state index in [4.69, 9.17) is 14.9 Å². The number of carbonyl (C=O) groups excluding carboxylic acids is 1. The molecule has 3 N–H and O–H groups in total. The summed E-state index contributed by atoms with van der Waals surface area (Å²) in [5.41, 5.74) is 6.75. The zero-order chi connectivity index (χ0) is 19.2. The van der Waals surface area contributed by atoms with Crippen LogP contribution in [0, 0.1) is 5.82 Å². The summed E-state index contributed by atoms with van der Waals surface area (Å²) >= 11 is 0. The second kappa shape index (κ2) is 6.08. The van der Waals surface area contributed by atoms with Gasteiger partial charge in [0.2, 0.25) is 5.89 Å². The molecule has 8 heteroatoms. The van der Waals surface area contributed by atoms with Crippen molar-refractivity contribution in [2.75, 3.05) is 11.1 Å². The summed E-state index contributed by atoms with van der Waals surface area (Å²) in [4.78, 5) is 20.5. The molecule has 1 aliphatic rings. The molecule has 0 fully saturated rings. The number of hydrogen-bond acceptors (Lipinski definition) is 6. The van der Waals surface area contributed by atoms with Crippen molar-refractivity contribution >= 4 is 17.4 Å². The van der Waals surface area contributed by atoms with Gasteiger partial charge in [-0.15, -0.1) is 0 Å². The number of ether oxygens (including phenoxy) is 1. The van der Waals surface area contributed by atoms with Crippen LogP contribution in [-0.4, -0.2) is 21.5 Å². The van der Waals surface area contributed by atoms with Crippen LogP contribution in [0.4, 0.5) is 15.9 Å². The zero-order valence-corrected chi connectivity index (χ0v) is 14.7. The molecule has 0 saturated carbocycles. The number of carbonyl (C=O) groups is 1. The maximum Gasteiger partial charge on any atom is 0.277 e. The molecule has 0 atom stereocenters. The van der Waals surface area contributed by atoms with E-state index in [0.717, 1.165) is 5.56 Å². The van der Waals surface area contributed by atoms with Crippen molar-refractivity contribution in [3.8, 4) is 17.2 Å². The van der Waals surface area contributed by atoms with Gasteiger partial charge in [0, 0.05) is 29.8 Å². The van der Waals surface area contributed by atoms with Gasteiger partial charge in [0.05, 0.1) is 5.69 Å². The van der Waals surface area contributed by atoms with E-state index in [1.54, 1.807) is 18.2 Å². The lowest BCUT2D eigenvalue weighted by Crippen LogP contribution is -2.24. The highest BCUT2D eigenvalue weighted by Gasteiger charge is 2.31. The lowest BCUT2D eigenvalue weighted by Gasteiger charge is -2.16. The van der Waals surface area contributed by atoms with Gasteiger partial charge in [-0.2, -0.15) is 0 Å². The van der Waals surface area contributed by atoms with Crippen molar-refractivity contribution in [1.29, 1.82) is 0 Å². The largest absolute Gasteiger partial charge is 0.487 e. The third kappa shape index (κ3) is 3.33. The maximum absolute atomic E-state index is 14.3. The SMILES string of the molecule is CC1(C)Cc2cc(NC(=O)c3coc(-c4ccnc(N)c4)n3)c(F)cc2O1. The van der Waals surface area contributed by atoms with Crippen LogP contribution in [0.2, 0.25) is 0 Å². The molecular formula is C19H17FN4O3. The highest BCUT2D eigenvalue weighted by Crippen LogP contribution is 2.37. The van der Waals surface area contributed by atoms with Gasteiger partial charge in [0.1, 0.15) is 29.2 Å². The molecular weight excluding hydrogens is 351 g/mol. The van der Waals surface area contributed by atoms with Crippen LogP contribution in [0.15, 0.2) is 41.1 Å². The fourth-order valence-electron chi connectivity index (χ4n) is 3.00. The number of oxazole rings is 1. The number of amides is 1. The Bertz CT molecular complexity index is 1050. The molecule has 0 bridgehead atoms. The van der Waals surface area contributed by atoms with Crippen molar-refractivity contribution in [2.24, 2.45) is 0 Å². The molecule has 138 valence electrons. The Morgan fingerprint density at radius 2 is 2.15 bits per heavy atom. The van der Waals surface area contributed by atoms with Crippen molar-refractivity contribution in [2.45, 2.75) is 25.9 Å². The minimum atomic E-state index is -0.580. The van der Waals surface area contributed by atoms with Crippen LogP contribution in [0.25, 0.3) is 11.5 Å². The summed E-state index contributed by atoms with van der Waals surface area (Å²) in [5.74, 6) is -0.134. The Hall–Kier alpha value is -3.42. The highest BCUT2D eigenvalue weighted by molar-refractivity contribution is 6.03. The molecule has 0 unspecified atom stereocenters. The number of hydrogen-bond donors (Lipinski definition) is 2. The molecule has 3 aromatic rings. The van der Waals surface area contributed by atoms with E-state index in [1.165, 1.54) is 18.5 Å². The predicted octanol–water partition coefficient (Wildman–Crippen LogP) is 3.42. The zero-order valence-electron chi connectivity index (χ0n) is 14.7. The van der Waals surface area contributed by atoms with E-state index in [2.05, 4.69) is 15.3 Å². The first-order valence-electron chi connectivity index (χ1n) is 8.31. The standard InChI is InChI=1S/C19H17FN4O3/c1-19(2)8-11-5-13(12(20)7-15(11)27-19)23-17(25)14-9-26-18(24-14)10-3-4-22-16(21)6-10/h3-7,9H,8H2,1-2H3,(H2,21,22)(H,23,25). The average molecular weight is 368 g/mol. The molecule has 2 aromatic heterocycles. The van der Waals surface area contributed by atoms with E-state index in [-0.39, 0.29) is 17.3 Å². The van der Waals surface area contributed by atoms with Gasteiger partial charge in [-0.25, -0.2) is 14.4 Å². The lowest BCUT2D eigenvalue weighted by atomic mass is 10.0. The number of nitrogens with two attached hydrogens (primary N) is 1. The monoisotopic (exact) mass is 368 g/mol. The molecule has 0 saturated heterocycles.